The van der Waals surface area contributed by atoms with Gasteiger partial charge in [-0.1, -0.05) is 78.0 Å². The number of thioether (sulfide) groups is 1. The zero-order valence-electron chi connectivity index (χ0n) is 18.8. The Hall–Kier alpha value is -3.29. The molecule has 0 unspecified atom stereocenters. The SMILES string of the molecule is CCOC(=O)C1=C(C)Nc2nc(SCc3ccc4ccccc4c3)nn2[C@@H]1c1cccc(Cl)c1. The van der Waals surface area contributed by atoms with Gasteiger partial charge in [-0.2, -0.15) is 4.98 Å². The van der Waals surface area contributed by atoms with E-state index >= 15 is 0 Å². The number of benzene rings is 3. The lowest BCUT2D eigenvalue weighted by Gasteiger charge is -2.28. The highest BCUT2D eigenvalue weighted by molar-refractivity contribution is 7.98. The number of aromatic nitrogens is 3. The Kier molecular flexibility index (Phi) is 6.30. The topological polar surface area (TPSA) is 69.0 Å². The van der Waals surface area contributed by atoms with E-state index < -0.39 is 6.04 Å². The predicted octanol–water partition coefficient (Wildman–Crippen LogP) is 6.23. The van der Waals surface area contributed by atoms with Crippen molar-refractivity contribution in [3.05, 3.63) is 94.1 Å². The van der Waals surface area contributed by atoms with Crippen molar-refractivity contribution in [2.45, 2.75) is 30.8 Å². The predicted molar refractivity (Wildman–Crippen MR) is 136 cm³/mol. The van der Waals surface area contributed by atoms with Gasteiger partial charge >= 0.3 is 5.97 Å². The highest BCUT2D eigenvalue weighted by Crippen LogP contribution is 2.37. The number of rotatable bonds is 6. The van der Waals surface area contributed by atoms with Crippen LogP contribution in [0.15, 0.2) is 83.2 Å². The molecule has 1 aromatic heterocycles. The van der Waals surface area contributed by atoms with Crippen molar-refractivity contribution in [1.29, 1.82) is 0 Å². The maximum Gasteiger partial charge on any atom is 0.338 e. The molecule has 34 heavy (non-hydrogen) atoms. The molecule has 4 aromatic rings. The molecule has 1 atom stereocenters. The summed E-state index contributed by atoms with van der Waals surface area (Å²) < 4.78 is 7.10. The molecule has 1 aliphatic heterocycles. The van der Waals surface area contributed by atoms with Gasteiger partial charge in [-0.15, -0.1) is 5.10 Å². The van der Waals surface area contributed by atoms with Gasteiger partial charge in [-0.05, 0) is 47.9 Å². The Morgan fingerprint density at radius 3 is 2.74 bits per heavy atom. The van der Waals surface area contributed by atoms with Crippen molar-refractivity contribution >= 4 is 46.1 Å². The third-order valence-corrected chi connectivity index (χ3v) is 6.82. The number of allylic oxidation sites excluding steroid dienone is 1. The summed E-state index contributed by atoms with van der Waals surface area (Å²) in [5, 5.41) is 11.6. The van der Waals surface area contributed by atoms with Gasteiger partial charge in [0.05, 0.1) is 12.2 Å². The first-order valence-corrected chi connectivity index (χ1v) is 12.4. The Morgan fingerprint density at radius 2 is 1.94 bits per heavy atom. The van der Waals surface area contributed by atoms with E-state index in [1.54, 1.807) is 29.4 Å². The van der Waals surface area contributed by atoms with Gasteiger partial charge in [0.25, 0.3) is 0 Å². The lowest BCUT2D eigenvalue weighted by molar-refractivity contribution is -0.139. The summed E-state index contributed by atoms with van der Waals surface area (Å²) in [6.07, 6.45) is 0. The van der Waals surface area contributed by atoms with Crippen LogP contribution in [0.5, 0.6) is 0 Å². The van der Waals surface area contributed by atoms with E-state index in [4.69, 9.17) is 26.4 Å². The molecule has 0 amide bonds. The highest BCUT2D eigenvalue weighted by Gasteiger charge is 2.35. The summed E-state index contributed by atoms with van der Waals surface area (Å²) >= 11 is 7.84. The first-order valence-electron chi connectivity index (χ1n) is 11.0. The van der Waals surface area contributed by atoms with Crippen LogP contribution in [-0.4, -0.2) is 27.3 Å². The van der Waals surface area contributed by atoms with Crippen LogP contribution in [-0.2, 0) is 15.3 Å². The molecular formula is C26H23ClN4O2S. The largest absolute Gasteiger partial charge is 0.463 e. The number of nitrogens with zero attached hydrogens (tertiary/aromatic N) is 3. The van der Waals surface area contributed by atoms with Gasteiger partial charge in [-0.25, -0.2) is 9.48 Å². The standard InChI is InChI=1S/C26H23ClN4O2S/c1-3-33-24(32)22-16(2)28-25-29-26(30-31(25)23(22)20-9-6-10-21(27)14-20)34-15-17-11-12-18-7-4-5-8-19(18)13-17/h4-14,23H,3,15H2,1-2H3,(H,28,29,30)/t23-/m1/s1. The number of carbonyl (C=O) groups excluding carboxylic acids is 1. The van der Waals surface area contributed by atoms with Crippen LogP contribution >= 0.6 is 23.4 Å². The van der Waals surface area contributed by atoms with Crippen molar-refractivity contribution in [3.8, 4) is 0 Å². The highest BCUT2D eigenvalue weighted by atomic mass is 35.5. The molecular weight excluding hydrogens is 468 g/mol. The van der Waals surface area contributed by atoms with E-state index in [1.807, 2.05) is 37.3 Å². The molecule has 0 fully saturated rings. The first-order chi connectivity index (χ1) is 16.5. The Labute approximate surface area is 207 Å². The lowest BCUT2D eigenvalue weighted by Crippen LogP contribution is -2.29. The number of hydrogen-bond donors (Lipinski definition) is 1. The molecule has 6 nitrogen and oxygen atoms in total. The van der Waals surface area contributed by atoms with Crippen molar-refractivity contribution in [3.63, 3.8) is 0 Å². The van der Waals surface area contributed by atoms with E-state index in [2.05, 4.69) is 35.6 Å². The smallest absolute Gasteiger partial charge is 0.338 e. The Morgan fingerprint density at radius 1 is 1.12 bits per heavy atom. The van der Waals surface area contributed by atoms with Gasteiger partial charge in [-0.3, -0.25) is 0 Å². The van der Waals surface area contributed by atoms with Crippen LogP contribution in [0.1, 0.15) is 31.0 Å². The number of hydrogen-bond acceptors (Lipinski definition) is 6. The molecule has 0 saturated carbocycles. The van der Waals surface area contributed by atoms with Crippen molar-refractivity contribution in [2.75, 3.05) is 11.9 Å². The maximum atomic E-state index is 12.9. The number of esters is 1. The normalized spacial score (nSPS) is 15.2. The monoisotopic (exact) mass is 490 g/mol. The summed E-state index contributed by atoms with van der Waals surface area (Å²) in [4.78, 5) is 17.6. The van der Waals surface area contributed by atoms with Gasteiger partial charge in [0.1, 0.15) is 6.04 Å². The fourth-order valence-electron chi connectivity index (χ4n) is 4.13. The summed E-state index contributed by atoms with van der Waals surface area (Å²) in [5.41, 5.74) is 3.22. The zero-order valence-corrected chi connectivity index (χ0v) is 20.4. The zero-order chi connectivity index (χ0) is 23.7. The van der Waals surface area contributed by atoms with E-state index in [-0.39, 0.29) is 12.6 Å². The van der Waals surface area contributed by atoms with E-state index in [0.29, 0.717) is 27.4 Å². The third-order valence-electron chi connectivity index (χ3n) is 5.67. The number of anilines is 1. The van der Waals surface area contributed by atoms with Gasteiger partial charge in [0.2, 0.25) is 11.1 Å². The molecule has 0 spiro atoms. The molecule has 1 N–H and O–H groups in total. The van der Waals surface area contributed by atoms with E-state index in [9.17, 15) is 4.79 Å². The Bertz CT molecular complexity index is 1410. The molecule has 172 valence electrons. The van der Waals surface area contributed by atoms with Crippen LogP contribution in [0.25, 0.3) is 10.8 Å². The van der Waals surface area contributed by atoms with E-state index in [1.165, 1.54) is 16.3 Å². The van der Waals surface area contributed by atoms with Crippen molar-refractivity contribution < 1.29 is 9.53 Å². The fraction of sp³-hybridized carbons (Fsp3) is 0.192. The average molecular weight is 491 g/mol. The summed E-state index contributed by atoms with van der Waals surface area (Å²) in [6.45, 7) is 3.93. The molecule has 3 aromatic carbocycles. The van der Waals surface area contributed by atoms with Gasteiger partial charge in [0, 0.05) is 16.5 Å². The van der Waals surface area contributed by atoms with Crippen LogP contribution in [0.2, 0.25) is 5.02 Å². The second-order valence-electron chi connectivity index (χ2n) is 7.97. The average Bonchev–Trinajstić information content (AvgIpc) is 3.24. The van der Waals surface area contributed by atoms with Crippen LogP contribution in [0, 0.1) is 0 Å². The minimum Gasteiger partial charge on any atom is -0.463 e. The van der Waals surface area contributed by atoms with Crippen LogP contribution in [0.3, 0.4) is 0 Å². The summed E-state index contributed by atoms with van der Waals surface area (Å²) in [6, 6.07) is 21.7. The third kappa shape index (κ3) is 4.41. The molecule has 5 rings (SSSR count). The minimum absolute atomic E-state index is 0.287. The number of carbonyl (C=O) groups is 1. The number of ether oxygens (including phenoxy) is 1. The van der Waals surface area contributed by atoms with Crippen LogP contribution < -0.4 is 5.32 Å². The number of nitrogens with one attached hydrogen (secondary N) is 1. The quantitative estimate of drug-likeness (QED) is 0.255. The van der Waals surface area contributed by atoms with Crippen molar-refractivity contribution in [2.24, 2.45) is 0 Å². The second-order valence-corrected chi connectivity index (χ2v) is 9.35. The minimum atomic E-state index is -0.489. The van der Waals surface area contributed by atoms with E-state index in [0.717, 1.165) is 11.3 Å². The second kappa shape index (κ2) is 9.52. The molecule has 1 aliphatic rings. The molecule has 0 saturated heterocycles. The van der Waals surface area contributed by atoms with Crippen molar-refractivity contribution in [1.82, 2.24) is 14.8 Å². The number of fused-ring (bicyclic) bond motifs is 2. The molecule has 8 heteroatoms. The molecule has 0 bridgehead atoms. The first kappa shape index (κ1) is 22.5. The van der Waals surface area contributed by atoms with Gasteiger partial charge < -0.3 is 10.1 Å². The van der Waals surface area contributed by atoms with Crippen LogP contribution in [0.4, 0.5) is 5.95 Å². The maximum absolute atomic E-state index is 12.9. The van der Waals surface area contributed by atoms with Gasteiger partial charge in [0.15, 0.2) is 0 Å². The molecule has 2 heterocycles. The molecule has 0 aliphatic carbocycles. The lowest BCUT2D eigenvalue weighted by atomic mass is 9.96. The molecule has 0 radical (unpaired) electrons. The number of halogens is 1. The fourth-order valence-corrected chi connectivity index (χ4v) is 5.10. The summed E-state index contributed by atoms with van der Waals surface area (Å²) in [5.74, 6) is 0.924. The summed E-state index contributed by atoms with van der Waals surface area (Å²) in [7, 11) is 0. The Balaban J connectivity index is 1.47.